The number of nitrogen functional groups attached to an aromatic ring is 1. The van der Waals surface area contributed by atoms with Gasteiger partial charge < -0.3 is 5.73 Å². The van der Waals surface area contributed by atoms with E-state index < -0.39 is 0 Å². The molecule has 6 heteroatoms. The van der Waals surface area contributed by atoms with Crippen molar-refractivity contribution in [3.8, 4) is 10.7 Å². The smallest absolute Gasteiger partial charge is 0.255 e. The van der Waals surface area contributed by atoms with Crippen molar-refractivity contribution in [2.45, 2.75) is 6.92 Å². The first-order chi connectivity index (χ1) is 7.75. The normalized spacial score (nSPS) is 11.1. The minimum atomic E-state index is 0.601. The minimum absolute atomic E-state index is 0.601. The van der Waals surface area contributed by atoms with Crippen molar-refractivity contribution in [3.63, 3.8) is 0 Å². The highest BCUT2D eigenvalue weighted by molar-refractivity contribution is 7.19. The van der Waals surface area contributed by atoms with E-state index in [-0.39, 0.29) is 0 Å². The molecule has 0 aliphatic carbocycles. The molecule has 0 spiro atoms. The average molecular weight is 231 g/mol. The summed E-state index contributed by atoms with van der Waals surface area (Å²) in [5.41, 5.74) is 6.89. The molecule has 3 heterocycles. The fourth-order valence-electron chi connectivity index (χ4n) is 1.63. The Bertz CT molecular complexity index is 654. The lowest BCUT2D eigenvalue weighted by Gasteiger charge is -1.96. The van der Waals surface area contributed by atoms with Gasteiger partial charge in [0.2, 0.25) is 0 Å². The van der Waals surface area contributed by atoms with Crippen LogP contribution in [0.25, 0.3) is 16.5 Å². The molecule has 80 valence electrons. The van der Waals surface area contributed by atoms with E-state index >= 15 is 0 Å². The number of hydrogen-bond donors (Lipinski definition) is 1. The van der Waals surface area contributed by atoms with E-state index in [2.05, 4.69) is 15.2 Å². The van der Waals surface area contributed by atoms with Gasteiger partial charge in [0.25, 0.3) is 5.78 Å². The number of thiophene rings is 1. The zero-order valence-corrected chi connectivity index (χ0v) is 9.40. The van der Waals surface area contributed by atoms with Gasteiger partial charge in [-0.3, -0.25) is 4.40 Å². The molecule has 0 fully saturated rings. The van der Waals surface area contributed by atoms with E-state index in [0.717, 1.165) is 21.3 Å². The van der Waals surface area contributed by atoms with Gasteiger partial charge in [-0.25, -0.2) is 4.98 Å². The summed E-state index contributed by atoms with van der Waals surface area (Å²) in [5.74, 6) is 1.39. The SMILES string of the molecule is Cc1cc(N)sc1-c1nnc2ncccn12. The summed E-state index contributed by atoms with van der Waals surface area (Å²) in [4.78, 5) is 5.17. The first-order valence-electron chi connectivity index (χ1n) is 4.78. The molecule has 5 nitrogen and oxygen atoms in total. The summed E-state index contributed by atoms with van der Waals surface area (Å²) in [7, 11) is 0. The molecule has 16 heavy (non-hydrogen) atoms. The second-order valence-electron chi connectivity index (χ2n) is 3.47. The van der Waals surface area contributed by atoms with Gasteiger partial charge in [0.1, 0.15) is 0 Å². The molecule has 3 aromatic heterocycles. The number of fused-ring (bicyclic) bond motifs is 1. The molecular weight excluding hydrogens is 222 g/mol. The molecule has 0 aliphatic rings. The third-order valence-electron chi connectivity index (χ3n) is 2.33. The lowest BCUT2D eigenvalue weighted by molar-refractivity contribution is 1.10. The minimum Gasteiger partial charge on any atom is -0.391 e. The Balaban J connectivity index is 2.30. The van der Waals surface area contributed by atoms with Crippen molar-refractivity contribution in [3.05, 3.63) is 30.1 Å². The maximum Gasteiger partial charge on any atom is 0.255 e. The van der Waals surface area contributed by atoms with E-state index in [0.29, 0.717) is 5.78 Å². The third kappa shape index (κ3) is 1.27. The van der Waals surface area contributed by atoms with Gasteiger partial charge in [-0.05, 0) is 24.6 Å². The molecule has 0 saturated heterocycles. The van der Waals surface area contributed by atoms with Crippen LogP contribution in [0.3, 0.4) is 0 Å². The molecule has 0 amide bonds. The lowest BCUT2D eigenvalue weighted by Crippen LogP contribution is -1.89. The Labute approximate surface area is 95.6 Å². The highest BCUT2D eigenvalue weighted by Crippen LogP contribution is 2.32. The van der Waals surface area contributed by atoms with Gasteiger partial charge >= 0.3 is 0 Å². The van der Waals surface area contributed by atoms with Gasteiger partial charge in [-0.1, -0.05) is 0 Å². The number of rotatable bonds is 1. The maximum absolute atomic E-state index is 5.78. The predicted octanol–water partition coefficient (Wildman–Crippen LogP) is 1.74. The first-order valence-corrected chi connectivity index (χ1v) is 5.59. The summed E-state index contributed by atoms with van der Waals surface area (Å²) in [6, 6.07) is 3.80. The third-order valence-corrected chi connectivity index (χ3v) is 3.39. The predicted molar refractivity (Wildman–Crippen MR) is 63.2 cm³/mol. The molecule has 3 rings (SSSR count). The van der Waals surface area contributed by atoms with Crippen molar-refractivity contribution in [2.75, 3.05) is 5.73 Å². The highest BCUT2D eigenvalue weighted by Gasteiger charge is 2.13. The van der Waals surface area contributed by atoms with Crippen LogP contribution in [-0.2, 0) is 0 Å². The van der Waals surface area contributed by atoms with Crippen LogP contribution in [0.1, 0.15) is 5.56 Å². The standard InChI is InChI=1S/C10H9N5S/c1-6-5-7(11)16-8(6)9-13-14-10-12-3-2-4-15(9)10/h2-5H,11H2,1H3. The van der Waals surface area contributed by atoms with Crippen LogP contribution >= 0.6 is 11.3 Å². The van der Waals surface area contributed by atoms with Crippen LogP contribution in [0.5, 0.6) is 0 Å². The Morgan fingerprint density at radius 2 is 2.25 bits per heavy atom. The Kier molecular flexibility index (Phi) is 1.90. The molecule has 0 aliphatic heterocycles. The largest absolute Gasteiger partial charge is 0.391 e. The zero-order chi connectivity index (χ0) is 11.1. The summed E-state index contributed by atoms with van der Waals surface area (Å²) in [6.45, 7) is 2.01. The number of nitrogens with zero attached hydrogens (tertiary/aromatic N) is 4. The van der Waals surface area contributed by atoms with Crippen LogP contribution in [0.15, 0.2) is 24.5 Å². The van der Waals surface area contributed by atoms with E-state index in [4.69, 9.17) is 5.73 Å². The van der Waals surface area contributed by atoms with Crippen LogP contribution < -0.4 is 5.73 Å². The number of hydrogen-bond acceptors (Lipinski definition) is 5. The van der Waals surface area contributed by atoms with Gasteiger partial charge in [0.15, 0.2) is 5.82 Å². The summed E-state index contributed by atoms with van der Waals surface area (Å²) in [5, 5.41) is 8.94. The van der Waals surface area contributed by atoms with Crippen molar-refractivity contribution in [1.82, 2.24) is 19.6 Å². The lowest BCUT2D eigenvalue weighted by atomic mass is 10.3. The van der Waals surface area contributed by atoms with Crippen LogP contribution in [0.4, 0.5) is 5.00 Å². The molecule has 0 aromatic carbocycles. The van der Waals surface area contributed by atoms with Gasteiger partial charge in [-0.15, -0.1) is 21.5 Å². The number of aryl methyl sites for hydroxylation is 1. The Morgan fingerprint density at radius 3 is 3.00 bits per heavy atom. The monoisotopic (exact) mass is 231 g/mol. The molecule has 0 radical (unpaired) electrons. The Hall–Kier alpha value is -1.95. The van der Waals surface area contributed by atoms with Crippen molar-refractivity contribution < 1.29 is 0 Å². The van der Waals surface area contributed by atoms with Crippen molar-refractivity contribution in [2.24, 2.45) is 0 Å². The zero-order valence-electron chi connectivity index (χ0n) is 8.58. The number of nitrogens with two attached hydrogens (primary N) is 1. The second kappa shape index (κ2) is 3.28. The fourth-order valence-corrected chi connectivity index (χ4v) is 2.55. The average Bonchev–Trinajstić information content (AvgIpc) is 2.81. The summed E-state index contributed by atoms with van der Waals surface area (Å²) < 4.78 is 1.86. The quantitative estimate of drug-likeness (QED) is 0.692. The Morgan fingerprint density at radius 1 is 1.38 bits per heavy atom. The summed E-state index contributed by atoms with van der Waals surface area (Å²) >= 11 is 1.51. The fraction of sp³-hybridized carbons (Fsp3) is 0.100. The number of aromatic nitrogens is 4. The first kappa shape index (κ1) is 9.29. The van der Waals surface area contributed by atoms with Gasteiger partial charge in [0.05, 0.1) is 9.88 Å². The van der Waals surface area contributed by atoms with Crippen molar-refractivity contribution in [1.29, 1.82) is 0 Å². The van der Waals surface area contributed by atoms with E-state index in [1.807, 2.05) is 29.7 Å². The molecule has 0 saturated carbocycles. The van der Waals surface area contributed by atoms with Crippen molar-refractivity contribution >= 4 is 22.1 Å². The molecule has 0 bridgehead atoms. The topological polar surface area (TPSA) is 69.1 Å². The van der Waals surface area contributed by atoms with Gasteiger partial charge in [0, 0.05) is 12.4 Å². The highest BCUT2D eigenvalue weighted by atomic mass is 32.1. The molecular formula is C10H9N5S. The maximum atomic E-state index is 5.78. The van der Waals surface area contributed by atoms with E-state index in [9.17, 15) is 0 Å². The van der Waals surface area contributed by atoms with Crippen LogP contribution in [-0.4, -0.2) is 19.6 Å². The second-order valence-corrected chi connectivity index (χ2v) is 4.56. The molecule has 2 N–H and O–H groups in total. The van der Waals surface area contributed by atoms with Crippen LogP contribution in [0.2, 0.25) is 0 Å². The van der Waals surface area contributed by atoms with Gasteiger partial charge in [-0.2, -0.15) is 0 Å². The molecule has 3 aromatic rings. The summed E-state index contributed by atoms with van der Waals surface area (Å²) in [6.07, 6.45) is 3.59. The van der Waals surface area contributed by atoms with E-state index in [1.54, 1.807) is 6.20 Å². The molecule has 0 unspecified atom stereocenters. The number of anilines is 1. The van der Waals surface area contributed by atoms with Crippen LogP contribution in [0, 0.1) is 6.92 Å². The molecule has 0 atom stereocenters. The van der Waals surface area contributed by atoms with E-state index in [1.165, 1.54) is 11.3 Å².